The normalized spacial score (nSPS) is 13.2. The highest BCUT2D eigenvalue weighted by Crippen LogP contribution is 2.28. The van der Waals surface area contributed by atoms with E-state index in [2.05, 4.69) is 25.7 Å². The van der Waals surface area contributed by atoms with Crippen LogP contribution in [-0.2, 0) is 6.54 Å². The van der Waals surface area contributed by atoms with E-state index in [4.69, 9.17) is 11.5 Å². The van der Waals surface area contributed by atoms with Crippen molar-refractivity contribution in [3.8, 4) is 0 Å². The molecule has 3 heterocycles. The van der Waals surface area contributed by atoms with Crippen molar-refractivity contribution < 1.29 is 9.18 Å². The van der Waals surface area contributed by atoms with Gasteiger partial charge in [0, 0.05) is 24.0 Å². The predicted octanol–water partition coefficient (Wildman–Crippen LogP) is 2.76. The van der Waals surface area contributed by atoms with Crippen molar-refractivity contribution in [3.05, 3.63) is 36.0 Å². The number of halogens is 1. The second-order valence-corrected chi connectivity index (χ2v) is 7.18. The van der Waals surface area contributed by atoms with Crippen molar-refractivity contribution in [1.29, 1.82) is 0 Å². The van der Waals surface area contributed by atoms with E-state index in [0.717, 1.165) is 29.8 Å². The number of carbonyl (C=O) groups is 1. The fraction of sp³-hybridized carbons (Fsp3) is 0.400. The van der Waals surface area contributed by atoms with Crippen LogP contribution >= 0.6 is 0 Å². The Morgan fingerprint density at radius 1 is 1.27 bits per heavy atom. The Balaban J connectivity index is 2.03. The van der Waals surface area contributed by atoms with E-state index in [1.54, 1.807) is 23.3 Å². The van der Waals surface area contributed by atoms with E-state index in [1.807, 2.05) is 20.8 Å². The summed E-state index contributed by atoms with van der Waals surface area (Å²) in [6.07, 6.45) is 6.62. The lowest BCUT2D eigenvalue weighted by molar-refractivity contribution is 0.100. The number of nitrogens with two attached hydrogens (primary N) is 2. The molecule has 2 atom stereocenters. The Morgan fingerprint density at radius 3 is 2.67 bits per heavy atom. The van der Waals surface area contributed by atoms with Gasteiger partial charge < -0.3 is 22.1 Å². The van der Waals surface area contributed by atoms with Gasteiger partial charge in [-0.3, -0.25) is 14.5 Å². The monoisotopic (exact) mass is 414 g/mol. The molecule has 0 aliphatic rings. The van der Waals surface area contributed by atoms with Crippen LogP contribution in [0.2, 0.25) is 0 Å². The molecule has 1 amide bonds. The summed E-state index contributed by atoms with van der Waals surface area (Å²) in [5, 5.41) is 11.2. The topological polar surface area (TPSA) is 137 Å². The average Bonchev–Trinajstić information content (AvgIpc) is 3.13. The molecule has 3 aromatic rings. The number of pyridine rings is 2. The first-order valence-electron chi connectivity index (χ1n) is 9.94. The van der Waals surface area contributed by atoms with E-state index in [-0.39, 0.29) is 29.3 Å². The summed E-state index contributed by atoms with van der Waals surface area (Å²) in [6.45, 7) is 6.52. The van der Waals surface area contributed by atoms with Gasteiger partial charge in [0.25, 0.3) is 5.91 Å². The summed E-state index contributed by atoms with van der Waals surface area (Å²) in [7, 11) is 0. The summed E-state index contributed by atoms with van der Waals surface area (Å²) < 4.78 is 16.5. The van der Waals surface area contributed by atoms with Gasteiger partial charge in [-0.15, -0.1) is 0 Å². The Hall–Kier alpha value is -3.27. The van der Waals surface area contributed by atoms with Crippen LogP contribution in [0.3, 0.4) is 0 Å². The lowest BCUT2D eigenvalue weighted by atomic mass is 10.1. The van der Waals surface area contributed by atoms with Gasteiger partial charge in [-0.2, -0.15) is 5.10 Å². The molecular weight excluding hydrogens is 387 g/mol. The first-order valence-corrected chi connectivity index (χ1v) is 9.94. The minimum absolute atomic E-state index is 0.00244. The predicted molar refractivity (Wildman–Crippen MR) is 115 cm³/mol. The second kappa shape index (κ2) is 9.04. The molecule has 160 valence electrons. The fourth-order valence-corrected chi connectivity index (χ4v) is 3.30. The third-order valence-corrected chi connectivity index (χ3v) is 4.92. The number of amides is 1. The van der Waals surface area contributed by atoms with Crippen LogP contribution in [0.25, 0.3) is 10.9 Å². The van der Waals surface area contributed by atoms with Crippen molar-refractivity contribution in [2.45, 2.75) is 52.2 Å². The molecular formula is C20H27FN8O. The lowest BCUT2D eigenvalue weighted by Crippen LogP contribution is -2.38. The van der Waals surface area contributed by atoms with E-state index < -0.39 is 11.7 Å². The maximum atomic E-state index is 14.7. The first kappa shape index (κ1) is 21.4. The molecule has 3 rings (SSSR count). The molecule has 9 nitrogen and oxygen atoms in total. The molecule has 6 N–H and O–H groups in total. The zero-order chi connectivity index (χ0) is 21.8. The van der Waals surface area contributed by atoms with Crippen molar-refractivity contribution >= 4 is 34.1 Å². The number of anilines is 3. The number of rotatable bonds is 9. The third-order valence-electron chi connectivity index (χ3n) is 4.92. The molecule has 0 fully saturated rings. The smallest absolute Gasteiger partial charge is 0.252 e. The van der Waals surface area contributed by atoms with Crippen LogP contribution in [0, 0.1) is 5.82 Å². The van der Waals surface area contributed by atoms with Crippen molar-refractivity contribution in [2.24, 2.45) is 11.5 Å². The van der Waals surface area contributed by atoms with Crippen molar-refractivity contribution in [1.82, 2.24) is 19.7 Å². The summed E-state index contributed by atoms with van der Waals surface area (Å²) in [4.78, 5) is 20.5. The van der Waals surface area contributed by atoms with Gasteiger partial charge in [-0.1, -0.05) is 13.3 Å². The molecule has 0 aliphatic heterocycles. The maximum Gasteiger partial charge on any atom is 0.252 e. The molecule has 0 radical (unpaired) electrons. The Bertz CT molecular complexity index is 1050. The van der Waals surface area contributed by atoms with Gasteiger partial charge in [0.05, 0.1) is 35.4 Å². The largest absolute Gasteiger partial charge is 0.365 e. The summed E-state index contributed by atoms with van der Waals surface area (Å²) in [5.74, 6) is -1.34. The number of carbonyl (C=O) groups excluding carboxylic acids is 1. The number of primary amides is 1. The Kier molecular flexibility index (Phi) is 6.46. The van der Waals surface area contributed by atoms with E-state index in [1.165, 1.54) is 0 Å². The summed E-state index contributed by atoms with van der Waals surface area (Å²) in [6, 6.07) is 0.695. The van der Waals surface area contributed by atoms with Crippen LogP contribution in [0.5, 0.6) is 0 Å². The van der Waals surface area contributed by atoms with Crippen LogP contribution in [0.15, 0.2) is 24.7 Å². The number of aryl methyl sites for hydroxylation is 1. The Labute approximate surface area is 174 Å². The first-order chi connectivity index (χ1) is 14.3. The second-order valence-electron chi connectivity index (χ2n) is 7.18. The van der Waals surface area contributed by atoms with Crippen LogP contribution < -0.4 is 22.1 Å². The molecule has 10 heteroatoms. The third kappa shape index (κ3) is 4.33. The molecule has 0 spiro atoms. The highest BCUT2D eigenvalue weighted by Gasteiger charge is 2.20. The molecule has 0 saturated carbocycles. The van der Waals surface area contributed by atoms with Gasteiger partial charge in [0.1, 0.15) is 5.82 Å². The minimum atomic E-state index is -0.794. The Morgan fingerprint density at radius 2 is 2.03 bits per heavy atom. The molecule has 0 aromatic carbocycles. The van der Waals surface area contributed by atoms with E-state index in [0.29, 0.717) is 12.2 Å². The number of hydrogen-bond acceptors (Lipinski definition) is 7. The number of nitrogens with one attached hydrogen (secondary N) is 2. The van der Waals surface area contributed by atoms with E-state index >= 15 is 0 Å². The fourth-order valence-electron chi connectivity index (χ4n) is 3.30. The van der Waals surface area contributed by atoms with Gasteiger partial charge in [0.2, 0.25) is 0 Å². The minimum Gasteiger partial charge on any atom is -0.365 e. The molecule has 0 unspecified atom stereocenters. The number of fused-ring (bicyclic) bond motifs is 1. The highest BCUT2D eigenvalue weighted by molar-refractivity contribution is 6.00. The van der Waals surface area contributed by atoms with Crippen LogP contribution in [-0.4, -0.2) is 37.7 Å². The zero-order valence-corrected chi connectivity index (χ0v) is 17.3. The summed E-state index contributed by atoms with van der Waals surface area (Å²) >= 11 is 0. The molecule has 0 aliphatic carbocycles. The maximum absolute atomic E-state index is 14.7. The average molecular weight is 414 g/mol. The molecule has 3 aromatic heterocycles. The lowest BCUT2D eigenvalue weighted by Gasteiger charge is -2.23. The van der Waals surface area contributed by atoms with Gasteiger partial charge in [-0.05, 0) is 26.3 Å². The van der Waals surface area contributed by atoms with Gasteiger partial charge in [0.15, 0.2) is 11.6 Å². The van der Waals surface area contributed by atoms with Crippen LogP contribution in [0.1, 0.15) is 44.0 Å². The number of aromatic nitrogens is 4. The molecule has 0 saturated heterocycles. The number of nitrogens with zero attached hydrogens (tertiary/aromatic N) is 4. The summed E-state index contributed by atoms with van der Waals surface area (Å²) in [5.41, 5.74) is 12.8. The van der Waals surface area contributed by atoms with Gasteiger partial charge >= 0.3 is 0 Å². The number of hydrogen-bond donors (Lipinski definition) is 4. The van der Waals surface area contributed by atoms with Gasteiger partial charge in [-0.25, -0.2) is 9.37 Å². The standard InChI is InChI=1S/C20H27FN8O/c1-4-6-15(11(3)22)26-20-14(21)7-12(18(23)30)19(28-20)27-16-9-24-10-17-13(16)8-25-29(17)5-2/h7-11,15H,4-6,22H2,1-3H3,(H2,23,30)(H2,26,27,28)/t11-,15+/m0/s1. The molecule has 0 bridgehead atoms. The van der Waals surface area contributed by atoms with Crippen molar-refractivity contribution in [2.75, 3.05) is 10.6 Å². The zero-order valence-electron chi connectivity index (χ0n) is 17.3. The molecule has 30 heavy (non-hydrogen) atoms. The van der Waals surface area contributed by atoms with E-state index in [9.17, 15) is 9.18 Å². The SMILES string of the molecule is CCC[C@@H](Nc1nc(Nc2cncc3c2cnn3CC)c(C(N)=O)cc1F)[C@H](C)N. The quantitative estimate of drug-likeness (QED) is 0.422. The van der Waals surface area contributed by atoms with Crippen LogP contribution in [0.4, 0.5) is 21.7 Å². The van der Waals surface area contributed by atoms with Crippen molar-refractivity contribution in [3.63, 3.8) is 0 Å². The highest BCUT2D eigenvalue weighted by atomic mass is 19.1.